The molecule has 1 saturated carbocycles. The van der Waals surface area contributed by atoms with Gasteiger partial charge in [0.15, 0.2) is 0 Å². The van der Waals surface area contributed by atoms with Crippen LogP contribution in [0.3, 0.4) is 0 Å². The summed E-state index contributed by atoms with van der Waals surface area (Å²) in [4.78, 5) is 15.1. The van der Waals surface area contributed by atoms with Gasteiger partial charge in [-0.25, -0.2) is 0 Å². The Labute approximate surface area is 126 Å². The summed E-state index contributed by atoms with van der Waals surface area (Å²) in [6, 6.07) is 2.67. The molecule has 5 nitrogen and oxygen atoms in total. The molecule has 116 valence electrons. The lowest BCUT2D eigenvalue weighted by atomic mass is 9.98. The van der Waals surface area contributed by atoms with E-state index in [2.05, 4.69) is 15.3 Å². The second kappa shape index (κ2) is 6.60. The van der Waals surface area contributed by atoms with E-state index in [1.807, 2.05) is 17.8 Å². The number of nitrogens with one attached hydrogen (secondary N) is 1. The van der Waals surface area contributed by atoms with Crippen molar-refractivity contribution in [2.45, 2.75) is 63.6 Å². The van der Waals surface area contributed by atoms with Gasteiger partial charge in [-0.15, -0.1) is 0 Å². The molecule has 0 bridgehead atoms. The molecule has 0 spiro atoms. The quantitative estimate of drug-likeness (QED) is 0.920. The molecule has 1 aliphatic carbocycles. The lowest BCUT2D eigenvalue weighted by Gasteiger charge is -2.38. The number of carbonyl (C=O) groups excluding carboxylic acids is 1. The molecule has 2 aliphatic rings. The van der Waals surface area contributed by atoms with Crippen LogP contribution in [0.5, 0.6) is 0 Å². The number of piperidine rings is 1. The number of nitrogens with zero attached hydrogens (tertiary/aromatic N) is 3. The van der Waals surface area contributed by atoms with Crippen LogP contribution in [0.2, 0.25) is 0 Å². The van der Waals surface area contributed by atoms with Crippen molar-refractivity contribution in [3.63, 3.8) is 0 Å². The van der Waals surface area contributed by atoms with Crippen LogP contribution in [0, 0.1) is 0 Å². The first-order valence-corrected chi connectivity index (χ1v) is 8.26. The van der Waals surface area contributed by atoms with Crippen LogP contribution in [0.4, 0.5) is 0 Å². The van der Waals surface area contributed by atoms with Crippen molar-refractivity contribution >= 4 is 5.91 Å². The third kappa shape index (κ3) is 3.28. The summed E-state index contributed by atoms with van der Waals surface area (Å²) >= 11 is 0. The van der Waals surface area contributed by atoms with Crippen molar-refractivity contribution < 1.29 is 4.79 Å². The Morgan fingerprint density at radius 1 is 1.29 bits per heavy atom. The molecular weight excluding hydrogens is 264 g/mol. The van der Waals surface area contributed by atoms with Crippen molar-refractivity contribution in [3.05, 3.63) is 18.0 Å². The molecule has 1 aliphatic heterocycles. The normalized spacial score (nSPS) is 24.3. The fourth-order valence-corrected chi connectivity index (χ4v) is 3.78. The molecule has 0 radical (unpaired) electrons. The van der Waals surface area contributed by atoms with Gasteiger partial charge in [0.25, 0.3) is 0 Å². The Morgan fingerprint density at radius 3 is 2.76 bits per heavy atom. The second-order valence-electron chi connectivity index (χ2n) is 6.35. The molecule has 0 aromatic carbocycles. The van der Waals surface area contributed by atoms with Crippen molar-refractivity contribution in [3.8, 4) is 0 Å². The number of carbonyl (C=O) groups is 1. The topological polar surface area (TPSA) is 50.2 Å². The number of aryl methyl sites for hydroxylation is 1. The van der Waals surface area contributed by atoms with Crippen molar-refractivity contribution in [2.24, 2.45) is 7.05 Å². The summed E-state index contributed by atoms with van der Waals surface area (Å²) < 4.78 is 1.82. The molecule has 1 amide bonds. The Kier molecular flexibility index (Phi) is 4.58. The van der Waals surface area contributed by atoms with E-state index in [0.29, 0.717) is 12.6 Å². The zero-order valence-corrected chi connectivity index (χ0v) is 12.9. The van der Waals surface area contributed by atoms with Gasteiger partial charge >= 0.3 is 0 Å². The minimum absolute atomic E-state index is 0.0788. The minimum atomic E-state index is 0.0788. The van der Waals surface area contributed by atoms with Crippen LogP contribution in [-0.2, 0) is 18.4 Å². The van der Waals surface area contributed by atoms with Crippen molar-refractivity contribution in [1.82, 2.24) is 20.0 Å². The zero-order chi connectivity index (χ0) is 14.7. The SMILES string of the molecule is Cn1nccc1CNC(=O)[C@@H]1CCCCN1C1CCCC1. The van der Waals surface area contributed by atoms with E-state index in [1.165, 1.54) is 38.5 Å². The van der Waals surface area contributed by atoms with Gasteiger partial charge in [-0.2, -0.15) is 5.10 Å². The van der Waals surface area contributed by atoms with E-state index < -0.39 is 0 Å². The predicted molar refractivity (Wildman–Crippen MR) is 81.7 cm³/mol. The summed E-state index contributed by atoms with van der Waals surface area (Å²) in [7, 11) is 1.91. The molecular formula is C16H26N4O. The Hall–Kier alpha value is -1.36. The number of hydrogen-bond donors (Lipinski definition) is 1. The summed E-state index contributed by atoms with van der Waals surface area (Å²) in [6.45, 7) is 1.67. The summed E-state index contributed by atoms with van der Waals surface area (Å²) in [5.74, 6) is 0.197. The van der Waals surface area contributed by atoms with Gasteiger partial charge in [0.1, 0.15) is 0 Å². The number of hydrogen-bond acceptors (Lipinski definition) is 3. The average Bonchev–Trinajstić information content (AvgIpc) is 3.16. The Morgan fingerprint density at radius 2 is 2.05 bits per heavy atom. The lowest BCUT2D eigenvalue weighted by molar-refractivity contribution is -0.129. The van der Waals surface area contributed by atoms with Gasteiger partial charge in [-0.1, -0.05) is 19.3 Å². The number of amides is 1. The van der Waals surface area contributed by atoms with Gasteiger partial charge in [0, 0.05) is 19.3 Å². The second-order valence-corrected chi connectivity index (χ2v) is 6.35. The monoisotopic (exact) mass is 290 g/mol. The largest absolute Gasteiger partial charge is 0.349 e. The fraction of sp³-hybridized carbons (Fsp3) is 0.750. The zero-order valence-electron chi connectivity index (χ0n) is 12.9. The molecule has 1 saturated heterocycles. The molecule has 0 unspecified atom stereocenters. The number of rotatable bonds is 4. The van der Waals surface area contributed by atoms with Crippen molar-refractivity contribution in [2.75, 3.05) is 6.54 Å². The van der Waals surface area contributed by atoms with Gasteiger partial charge in [-0.05, 0) is 38.3 Å². The smallest absolute Gasteiger partial charge is 0.237 e. The van der Waals surface area contributed by atoms with E-state index in [1.54, 1.807) is 6.20 Å². The third-order valence-corrected chi connectivity index (χ3v) is 5.01. The fourth-order valence-electron chi connectivity index (χ4n) is 3.78. The van der Waals surface area contributed by atoms with Crippen molar-refractivity contribution in [1.29, 1.82) is 0 Å². The lowest BCUT2D eigenvalue weighted by Crippen LogP contribution is -2.52. The van der Waals surface area contributed by atoms with Crippen LogP contribution >= 0.6 is 0 Å². The highest BCUT2D eigenvalue weighted by Gasteiger charge is 2.34. The molecule has 1 N–H and O–H groups in total. The van der Waals surface area contributed by atoms with Gasteiger partial charge < -0.3 is 5.32 Å². The summed E-state index contributed by atoms with van der Waals surface area (Å²) in [5.41, 5.74) is 1.05. The third-order valence-electron chi connectivity index (χ3n) is 5.01. The average molecular weight is 290 g/mol. The van der Waals surface area contributed by atoms with Crippen LogP contribution in [0.15, 0.2) is 12.3 Å². The van der Waals surface area contributed by atoms with E-state index in [-0.39, 0.29) is 11.9 Å². The summed E-state index contributed by atoms with van der Waals surface area (Å²) in [6.07, 6.45) is 10.4. The molecule has 1 aromatic heterocycles. The maximum atomic E-state index is 12.6. The molecule has 5 heteroatoms. The van der Waals surface area contributed by atoms with Gasteiger partial charge in [0.2, 0.25) is 5.91 Å². The Bertz CT molecular complexity index is 478. The standard InChI is InChI=1S/C16H26N4O/c1-19-14(9-10-18-19)12-17-16(21)15-8-4-5-11-20(15)13-6-2-3-7-13/h9-10,13,15H,2-8,11-12H2,1H3,(H,17,21)/t15-/m0/s1. The molecule has 1 aromatic rings. The van der Waals surface area contributed by atoms with Gasteiger partial charge in [-0.3, -0.25) is 14.4 Å². The van der Waals surface area contributed by atoms with E-state index >= 15 is 0 Å². The van der Waals surface area contributed by atoms with E-state index in [4.69, 9.17) is 0 Å². The number of aromatic nitrogens is 2. The molecule has 2 heterocycles. The summed E-state index contributed by atoms with van der Waals surface area (Å²) in [5, 5.41) is 7.25. The van der Waals surface area contributed by atoms with E-state index in [9.17, 15) is 4.79 Å². The first-order chi connectivity index (χ1) is 10.3. The molecule has 21 heavy (non-hydrogen) atoms. The van der Waals surface area contributed by atoms with Crippen LogP contribution in [0.1, 0.15) is 50.6 Å². The Balaban J connectivity index is 1.59. The molecule has 2 fully saturated rings. The number of likely N-dealkylation sites (tertiary alicyclic amines) is 1. The highest BCUT2D eigenvalue weighted by atomic mass is 16.2. The molecule has 3 rings (SSSR count). The van der Waals surface area contributed by atoms with Crippen LogP contribution < -0.4 is 5.32 Å². The first kappa shape index (κ1) is 14.6. The maximum absolute atomic E-state index is 12.6. The van der Waals surface area contributed by atoms with Crippen LogP contribution in [-0.4, -0.2) is 39.2 Å². The van der Waals surface area contributed by atoms with Crippen LogP contribution in [0.25, 0.3) is 0 Å². The predicted octanol–water partition coefficient (Wildman–Crippen LogP) is 1.83. The highest BCUT2D eigenvalue weighted by Crippen LogP contribution is 2.29. The van der Waals surface area contributed by atoms with Gasteiger partial charge in [0.05, 0.1) is 18.3 Å². The maximum Gasteiger partial charge on any atom is 0.237 e. The highest BCUT2D eigenvalue weighted by molar-refractivity contribution is 5.81. The minimum Gasteiger partial charge on any atom is -0.349 e. The van der Waals surface area contributed by atoms with E-state index in [0.717, 1.165) is 18.7 Å². The molecule has 1 atom stereocenters. The first-order valence-electron chi connectivity index (χ1n) is 8.26.